The van der Waals surface area contributed by atoms with Gasteiger partial charge in [-0.05, 0) is 30.3 Å². The normalized spacial score (nSPS) is 14.6. The number of aromatic nitrogens is 2. The Kier molecular flexibility index (Phi) is 6.82. The Hall–Kier alpha value is -3.86. The number of nitrogens with one attached hydrogen (secondary N) is 2. The molecule has 2 heterocycles. The molecule has 0 atom stereocenters. The highest BCUT2D eigenvalue weighted by atomic mass is 19.4. The lowest BCUT2D eigenvalue weighted by atomic mass is 10.1. The SMILES string of the molecule is O=C(CN1CCN(C(=O)c2cc(-c3ccccc3)n[nH]2)CC1)Nc1ccc(OC(F)(F)F)cc1. The van der Waals surface area contributed by atoms with E-state index in [-0.39, 0.29) is 24.1 Å². The van der Waals surface area contributed by atoms with E-state index < -0.39 is 6.36 Å². The highest BCUT2D eigenvalue weighted by molar-refractivity contribution is 5.94. The van der Waals surface area contributed by atoms with Crippen molar-refractivity contribution < 1.29 is 27.5 Å². The molecule has 0 saturated carbocycles. The molecule has 8 nitrogen and oxygen atoms in total. The Labute approximate surface area is 193 Å². The van der Waals surface area contributed by atoms with Crippen LogP contribution in [0.4, 0.5) is 18.9 Å². The van der Waals surface area contributed by atoms with Gasteiger partial charge in [0, 0.05) is 37.4 Å². The molecule has 4 rings (SSSR count). The van der Waals surface area contributed by atoms with Crippen molar-refractivity contribution in [2.45, 2.75) is 6.36 Å². The number of H-pyrrole nitrogens is 1. The van der Waals surface area contributed by atoms with Gasteiger partial charge in [-0.1, -0.05) is 30.3 Å². The van der Waals surface area contributed by atoms with Crippen molar-refractivity contribution in [3.63, 3.8) is 0 Å². The fraction of sp³-hybridized carbons (Fsp3) is 0.261. The number of ether oxygens (including phenoxy) is 1. The molecule has 2 aromatic carbocycles. The summed E-state index contributed by atoms with van der Waals surface area (Å²) in [5.74, 6) is -0.815. The van der Waals surface area contributed by atoms with Crippen LogP contribution in [-0.4, -0.2) is 70.9 Å². The van der Waals surface area contributed by atoms with Gasteiger partial charge in [0.25, 0.3) is 5.91 Å². The van der Waals surface area contributed by atoms with Crippen LogP contribution in [0.3, 0.4) is 0 Å². The Bertz CT molecular complexity index is 1120. The number of amides is 2. The lowest BCUT2D eigenvalue weighted by molar-refractivity contribution is -0.274. The Morgan fingerprint density at radius 2 is 1.68 bits per heavy atom. The number of anilines is 1. The van der Waals surface area contributed by atoms with Gasteiger partial charge < -0.3 is 15.0 Å². The van der Waals surface area contributed by atoms with Crippen LogP contribution >= 0.6 is 0 Å². The van der Waals surface area contributed by atoms with Crippen molar-refractivity contribution in [2.24, 2.45) is 0 Å². The molecule has 2 N–H and O–H groups in total. The Balaban J connectivity index is 1.24. The third-order valence-electron chi connectivity index (χ3n) is 5.28. The first-order valence-corrected chi connectivity index (χ1v) is 10.5. The van der Waals surface area contributed by atoms with Crippen LogP contribution in [0.2, 0.25) is 0 Å². The number of carbonyl (C=O) groups is 2. The summed E-state index contributed by atoms with van der Waals surface area (Å²) in [4.78, 5) is 28.7. The molecule has 2 amide bonds. The minimum absolute atomic E-state index is 0.102. The van der Waals surface area contributed by atoms with Gasteiger partial charge in [-0.15, -0.1) is 13.2 Å². The average Bonchev–Trinajstić information content (AvgIpc) is 3.30. The molecule has 3 aromatic rings. The molecule has 0 unspecified atom stereocenters. The second kappa shape index (κ2) is 9.96. The molecule has 1 aliphatic heterocycles. The monoisotopic (exact) mass is 473 g/mol. The van der Waals surface area contributed by atoms with Crippen molar-refractivity contribution in [1.29, 1.82) is 0 Å². The number of alkyl halides is 3. The Morgan fingerprint density at radius 3 is 2.32 bits per heavy atom. The average molecular weight is 473 g/mol. The van der Waals surface area contributed by atoms with E-state index in [9.17, 15) is 22.8 Å². The number of rotatable bonds is 6. The summed E-state index contributed by atoms with van der Waals surface area (Å²) in [6.07, 6.45) is -4.77. The Morgan fingerprint density at radius 1 is 1.00 bits per heavy atom. The predicted molar refractivity (Wildman–Crippen MR) is 118 cm³/mol. The van der Waals surface area contributed by atoms with E-state index in [1.807, 2.05) is 35.2 Å². The summed E-state index contributed by atoms with van der Waals surface area (Å²) in [7, 11) is 0. The van der Waals surface area contributed by atoms with Gasteiger partial charge in [-0.3, -0.25) is 19.6 Å². The van der Waals surface area contributed by atoms with Gasteiger partial charge >= 0.3 is 6.36 Å². The molecule has 34 heavy (non-hydrogen) atoms. The van der Waals surface area contributed by atoms with Crippen LogP contribution in [0.15, 0.2) is 60.7 Å². The number of benzene rings is 2. The van der Waals surface area contributed by atoms with Gasteiger partial charge in [-0.25, -0.2) is 0 Å². The van der Waals surface area contributed by atoms with Crippen LogP contribution in [0.25, 0.3) is 11.3 Å². The highest BCUT2D eigenvalue weighted by Gasteiger charge is 2.31. The number of nitrogens with zero attached hydrogens (tertiary/aromatic N) is 3. The zero-order valence-corrected chi connectivity index (χ0v) is 18.0. The van der Waals surface area contributed by atoms with Gasteiger partial charge in [0.05, 0.1) is 12.2 Å². The number of halogens is 3. The van der Waals surface area contributed by atoms with Gasteiger partial charge in [0.1, 0.15) is 11.4 Å². The van der Waals surface area contributed by atoms with Crippen molar-refractivity contribution in [1.82, 2.24) is 20.0 Å². The summed E-state index contributed by atoms with van der Waals surface area (Å²) in [5.41, 5.74) is 2.37. The minimum Gasteiger partial charge on any atom is -0.406 e. The lowest BCUT2D eigenvalue weighted by Crippen LogP contribution is -2.50. The van der Waals surface area contributed by atoms with Crippen LogP contribution in [-0.2, 0) is 4.79 Å². The van der Waals surface area contributed by atoms with Crippen LogP contribution in [0, 0.1) is 0 Å². The van der Waals surface area contributed by atoms with E-state index in [4.69, 9.17) is 0 Å². The number of piperazine rings is 1. The molecule has 11 heteroatoms. The van der Waals surface area contributed by atoms with E-state index >= 15 is 0 Å². The van der Waals surface area contributed by atoms with Crippen molar-refractivity contribution in [3.05, 3.63) is 66.4 Å². The first-order chi connectivity index (χ1) is 16.3. The van der Waals surface area contributed by atoms with E-state index in [0.717, 1.165) is 17.7 Å². The van der Waals surface area contributed by atoms with Crippen LogP contribution in [0.1, 0.15) is 10.5 Å². The first-order valence-electron chi connectivity index (χ1n) is 10.5. The number of aromatic amines is 1. The zero-order chi connectivity index (χ0) is 24.1. The molecular formula is C23H22F3N5O3. The standard InChI is InChI=1S/C23H22F3N5O3/c24-23(25,26)34-18-8-6-17(7-9-18)27-21(32)15-30-10-12-31(13-11-30)22(33)20-14-19(28-29-20)16-4-2-1-3-5-16/h1-9,14H,10-13,15H2,(H,27,32)(H,28,29). The second-order valence-electron chi connectivity index (χ2n) is 7.72. The van der Waals surface area contributed by atoms with E-state index in [2.05, 4.69) is 20.3 Å². The highest BCUT2D eigenvalue weighted by Crippen LogP contribution is 2.24. The maximum atomic E-state index is 12.8. The molecule has 0 aliphatic carbocycles. The molecular weight excluding hydrogens is 451 g/mol. The first kappa shape index (κ1) is 23.3. The number of hydrogen-bond donors (Lipinski definition) is 2. The quantitative estimate of drug-likeness (QED) is 0.573. The van der Waals surface area contributed by atoms with Crippen LogP contribution in [0.5, 0.6) is 5.75 Å². The molecule has 1 aliphatic rings. The van der Waals surface area contributed by atoms with Crippen molar-refractivity contribution in [2.75, 3.05) is 38.0 Å². The molecule has 178 valence electrons. The summed E-state index contributed by atoms with van der Waals surface area (Å²) in [6.45, 7) is 2.03. The summed E-state index contributed by atoms with van der Waals surface area (Å²) in [5, 5.41) is 9.66. The van der Waals surface area contributed by atoms with E-state index in [1.165, 1.54) is 12.1 Å². The fourth-order valence-electron chi connectivity index (χ4n) is 3.61. The lowest BCUT2D eigenvalue weighted by Gasteiger charge is -2.34. The molecule has 0 bridgehead atoms. The number of carbonyl (C=O) groups excluding carboxylic acids is 2. The van der Waals surface area contributed by atoms with E-state index in [0.29, 0.717) is 43.3 Å². The van der Waals surface area contributed by atoms with Crippen molar-refractivity contribution >= 4 is 17.5 Å². The van der Waals surface area contributed by atoms with Crippen molar-refractivity contribution in [3.8, 4) is 17.0 Å². The molecule has 1 saturated heterocycles. The van der Waals surface area contributed by atoms with Gasteiger partial charge in [0.15, 0.2) is 0 Å². The molecule has 1 fully saturated rings. The molecule has 1 aromatic heterocycles. The maximum Gasteiger partial charge on any atom is 0.573 e. The number of hydrogen-bond acceptors (Lipinski definition) is 5. The zero-order valence-electron chi connectivity index (χ0n) is 18.0. The smallest absolute Gasteiger partial charge is 0.406 e. The summed E-state index contributed by atoms with van der Waals surface area (Å²) < 4.78 is 40.5. The predicted octanol–water partition coefficient (Wildman–Crippen LogP) is 3.37. The van der Waals surface area contributed by atoms with Gasteiger partial charge in [0.2, 0.25) is 5.91 Å². The third kappa shape index (κ3) is 6.13. The topological polar surface area (TPSA) is 90.6 Å². The fourth-order valence-corrected chi connectivity index (χ4v) is 3.61. The van der Waals surface area contributed by atoms with Crippen LogP contribution < -0.4 is 10.1 Å². The minimum atomic E-state index is -4.77. The molecule has 0 spiro atoms. The third-order valence-corrected chi connectivity index (χ3v) is 5.28. The molecule has 0 radical (unpaired) electrons. The maximum absolute atomic E-state index is 12.8. The summed E-state index contributed by atoms with van der Waals surface area (Å²) >= 11 is 0. The van der Waals surface area contributed by atoms with E-state index in [1.54, 1.807) is 11.0 Å². The summed E-state index contributed by atoms with van der Waals surface area (Å²) in [6, 6.07) is 16.2. The second-order valence-corrected chi connectivity index (χ2v) is 7.72. The van der Waals surface area contributed by atoms with Gasteiger partial charge in [-0.2, -0.15) is 5.10 Å². The largest absolute Gasteiger partial charge is 0.573 e.